The number of rotatable bonds is 6. The second-order valence-electron chi connectivity index (χ2n) is 6.71. The van der Waals surface area contributed by atoms with Crippen molar-refractivity contribution in [3.05, 3.63) is 58.6 Å². The number of halogens is 2. The first-order valence-electron chi connectivity index (χ1n) is 8.15. The van der Waals surface area contributed by atoms with Crippen LogP contribution in [-0.4, -0.2) is 46.2 Å². The fraction of sp³-hybridized carbons (Fsp3) is 0.300. The van der Waals surface area contributed by atoms with Crippen LogP contribution in [0.3, 0.4) is 0 Å². The Kier molecular flexibility index (Phi) is 10.8. The van der Waals surface area contributed by atoms with E-state index >= 15 is 0 Å². The molecule has 2 aromatic carbocycles. The molecule has 0 fully saturated rings. The number of carbonyl (C=O) groups excluding carboxylic acids is 2. The maximum absolute atomic E-state index is 10.6. The molecular weight excluding hydrogens is 431 g/mol. The molecule has 0 aliphatic carbocycles. The van der Waals surface area contributed by atoms with Crippen LogP contribution in [0.25, 0.3) is 0 Å². The van der Waals surface area contributed by atoms with Gasteiger partial charge in [-0.15, -0.1) is 0 Å². The summed E-state index contributed by atoms with van der Waals surface area (Å²) in [4.78, 5) is 21.3. The molecule has 9 heteroatoms. The summed E-state index contributed by atoms with van der Waals surface area (Å²) < 4.78 is 10.4. The summed E-state index contributed by atoms with van der Waals surface area (Å²) in [6, 6.07) is 12.9. The van der Waals surface area contributed by atoms with Crippen molar-refractivity contribution in [3.8, 4) is 11.5 Å². The first-order valence-corrected chi connectivity index (χ1v) is 8.91. The van der Waals surface area contributed by atoms with Crippen LogP contribution >= 0.6 is 23.2 Å². The smallest absolute Gasteiger partial charge is 0.546 e. The van der Waals surface area contributed by atoms with Crippen molar-refractivity contribution < 1.29 is 29.3 Å². The number of ether oxygens (including phenoxy) is 2. The third-order valence-electron chi connectivity index (χ3n) is 3.36. The number of carbonyl (C=O) groups is 2. The van der Waals surface area contributed by atoms with E-state index < -0.39 is 23.1 Å². The minimum absolute atomic E-state index is 0. The maximum Gasteiger partial charge on any atom is 2.00 e. The quantitative estimate of drug-likeness (QED) is 0.624. The van der Waals surface area contributed by atoms with Crippen LogP contribution in [0.1, 0.15) is 27.7 Å². The van der Waals surface area contributed by atoms with Crippen LogP contribution in [0.2, 0.25) is 10.0 Å². The van der Waals surface area contributed by atoms with Crippen LogP contribution in [0, 0.1) is 0 Å². The summed E-state index contributed by atoms with van der Waals surface area (Å²) in [7, 11) is 0. The van der Waals surface area contributed by atoms with Crippen LogP contribution in [0.15, 0.2) is 48.5 Å². The molecule has 2 aromatic rings. The summed E-state index contributed by atoms with van der Waals surface area (Å²) in [5.41, 5.74) is -2.68. The molecule has 0 saturated heterocycles. The number of benzene rings is 2. The van der Waals surface area contributed by atoms with Crippen molar-refractivity contribution in [1.29, 1.82) is 0 Å². The van der Waals surface area contributed by atoms with Gasteiger partial charge >= 0.3 is 23.1 Å². The molecule has 0 aliphatic heterocycles. The van der Waals surface area contributed by atoms with Gasteiger partial charge in [0.15, 0.2) is 0 Å². The third-order valence-corrected chi connectivity index (χ3v) is 3.86. The molecular formula is C20H20Cl2MgO6. The molecule has 0 saturated carbocycles. The third kappa shape index (κ3) is 9.58. The van der Waals surface area contributed by atoms with E-state index in [4.69, 9.17) is 32.7 Å². The van der Waals surface area contributed by atoms with Crippen molar-refractivity contribution in [1.82, 2.24) is 0 Å². The maximum atomic E-state index is 10.6. The molecule has 0 radical (unpaired) electrons. The van der Waals surface area contributed by atoms with Crippen molar-refractivity contribution in [2.24, 2.45) is 0 Å². The average Bonchev–Trinajstić information content (AvgIpc) is 2.59. The van der Waals surface area contributed by atoms with Gasteiger partial charge in [0.1, 0.15) is 22.7 Å². The van der Waals surface area contributed by atoms with E-state index in [1.165, 1.54) is 27.7 Å². The fourth-order valence-corrected chi connectivity index (χ4v) is 1.93. The molecule has 0 aliphatic rings. The molecule has 0 amide bonds. The topological polar surface area (TPSA) is 98.7 Å². The van der Waals surface area contributed by atoms with E-state index in [2.05, 4.69) is 0 Å². The summed E-state index contributed by atoms with van der Waals surface area (Å²) in [6.07, 6.45) is 0. The van der Waals surface area contributed by atoms with E-state index in [9.17, 15) is 19.8 Å². The van der Waals surface area contributed by atoms with Crippen LogP contribution < -0.4 is 19.7 Å². The zero-order chi connectivity index (χ0) is 21.5. The normalized spacial score (nSPS) is 10.7. The van der Waals surface area contributed by atoms with Crippen LogP contribution in [-0.2, 0) is 9.59 Å². The van der Waals surface area contributed by atoms with Gasteiger partial charge in [-0.05, 0) is 76.2 Å². The summed E-state index contributed by atoms with van der Waals surface area (Å²) in [6.45, 7) is 5.71. The summed E-state index contributed by atoms with van der Waals surface area (Å²) >= 11 is 11.3. The van der Waals surface area contributed by atoms with Gasteiger partial charge in [-0.2, -0.15) is 0 Å². The molecule has 29 heavy (non-hydrogen) atoms. The van der Waals surface area contributed by atoms with Gasteiger partial charge in [-0.25, -0.2) is 0 Å². The van der Waals surface area contributed by atoms with E-state index in [0.29, 0.717) is 21.5 Å². The van der Waals surface area contributed by atoms with E-state index in [1.807, 2.05) is 0 Å². The fourth-order valence-electron chi connectivity index (χ4n) is 1.68. The van der Waals surface area contributed by atoms with Crippen molar-refractivity contribution in [2.75, 3.05) is 0 Å². The second-order valence-corrected chi connectivity index (χ2v) is 7.58. The Morgan fingerprint density at radius 2 is 0.931 bits per heavy atom. The molecule has 0 spiro atoms. The average molecular weight is 452 g/mol. The minimum atomic E-state index is -1.34. The van der Waals surface area contributed by atoms with Gasteiger partial charge in [0.25, 0.3) is 0 Å². The van der Waals surface area contributed by atoms with Crippen LogP contribution in [0.4, 0.5) is 0 Å². The Bertz CT molecular complexity index is 735. The minimum Gasteiger partial charge on any atom is -0.546 e. The SMILES string of the molecule is CC(C)(Oc1ccc(Cl)cc1)C(=O)[O-].CC(C)(Oc1ccc(Cl)cc1)C(=O)[O-].[Mg+2]. The molecule has 0 atom stereocenters. The number of carboxylic acid groups (broad SMARTS) is 2. The Morgan fingerprint density at radius 3 is 1.14 bits per heavy atom. The monoisotopic (exact) mass is 450 g/mol. The Labute approximate surface area is 195 Å². The Balaban J connectivity index is 0.000000523. The van der Waals surface area contributed by atoms with Gasteiger partial charge in [-0.3, -0.25) is 0 Å². The molecule has 2 rings (SSSR count). The molecule has 0 unspecified atom stereocenters. The largest absolute Gasteiger partial charge is 2.00 e. The Hall–Kier alpha value is -1.67. The van der Waals surface area contributed by atoms with Crippen molar-refractivity contribution in [3.63, 3.8) is 0 Å². The number of carboxylic acids is 2. The second kappa shape index (κ2) is 11.5. The van der Waals surface area contributed by atoms with Crippen LogP contribution in [0.5, 0.6) is 11.5 Å². The standard InChI is InChI=1S/2C10H11ClO3.Mg/c2*1-10(2,9(12)13)14-8-5-3-7(11)4-6-8;/h2*3-6H,1-2H3,(H,12,13);/q;;+2/p-2. The zero-order valence-electron chi connectivity index (χ0n) is 16.5. The summed E-state index contributed by atoms with van der Waals surface area (Å²) in [5, 5.41) is 22.4. The van der Waals surface area contributed by atoms with Crippen molar-refractivity contribution in [2.45, 2.75) is 38.9 Å². The Morgan fingerprint density at radius 1 is 0.690 bits per heavy atom. The first-order chi connectivity index (χ1) is 12.8. The summed E-state index contributed by atoms with van der Waals surface area (Å²) in [5.74, 6) is -1.62. The van der Waals surface area contributed by atoms with Gasteiger partial charge in [0.2, 0.25) is 0 Å². The van der Waals surface area contributed by atoms with Gasteiger partial charge < -0.3 is 29.3 Å². The number of aliphatic carboxylic acids is 2. The number of hydrogen-bond donors (Lipinski definition) is 0. The molecule has 152 valence electrons. The molecule has 6 nitrogen and oxygen atoms in total. The number of hydrogen-bond acceptors (Lipinski definition) is 6. The van der Waals surface area contributed by atoms with E-state index in [1.54, 1.807) is 48.5 Å². The first kappa shape index (κ1) is 27.3. The molecule has 0 bridgehead atoms. The predicted octanol–water partition coefficient (Wildman–Crippen LogP) is 2.11. The van der Waals surface area contributed by atoms with Gasteiger partial charge in [0.05, 0.1) is 11.9 Å². The van der Waals surface area contributed by atoms with Gasteiger partial charge in [0, 0.05) is 10.0 Å². The molecule has 0 N–H and O–H groups in total. The van der Waals surface area contributed by atoms with Crippen molar-refractivity contribution >= 4 is 58.2 Å². The molecule has 0 heterocycles. The van der Waals surface area contributed by atoms with E-state index in [-0.39, 0.29) is 23.1 Å². The zero-order valence-corrected chi connectivity index (χ0v) is 19.5. The molecule has 0 aromatic heterocycles. The van der Waals surface area contributed by atoms with E-state index in [0.717, 1.165) is 0 Å². The predicted molar refractivity (Wildman–Crippen MR) is 108 cm³/mol. The van der Waals surface area contributed by atoms with Gasteiger partial charge in [-0.1, -0.05) is 23.2 Å².